The van der Waals surface area contributed by atoms with Crippen molar-refractivity contribution in [2.45, 2.75) is 56.4 Å². The molecule has 0 aliphatic carbocycles. The lowest BCUT2D eigenvalue weighted by Gasteiger charge is -2.45. The van der Waals surface area contributed by atoms with Crippen LogP contribution in [0.5, 0.6) is 0 Å². The summed E-state index contributed by atoms with van der Waals surface area (Å²) < 4.78 is 11.9. The van der Waals surface area contributed by atoms with Gasteiger partial charge in [-0.25, -0.2) is 0 Å². The molecule has 0 aromatic heterocycles. The third-order valence-corrected chi connectivity index (χ3v) is 5.33. The molecule has 0 spiro atoms. The third-order valence-electron chi connectivity index (χ3n) is 5.33. The molecule has 1 aromatic rings. The molecule has 4 rings (SSSR count). The van der Waals surface area contributed by atoms with Crippen LogP contribution in [0.15, 0.2) is 30.3 Å². The summed E-state index contributed by atoms with van der Waals surface area (Å²) in [6.45, 7) is 3.36. The second-order valence-electron chi connectivity index (χ2n) is 6.85. The van der Waals surface area contributed by atoms with Gasteiger partial charge in [0.25, 0.3) is 0 Å². The molecule has 3 aliphatic rings. The average Bonchev–Trinajstić information content (AvgIpc) is 3.02. The minimum atomic E-state index is -0.455. The molecule has 5 nitrogen and oxygen atoms in total. The van der Waals surface area contributed by atoms with E-state index in [2.05, 4.69) is 22.3 Å². The Labute approximate surface area is 137 Å². The largest absolute Gasteiger partial charge is 0.390 e. The zero-order valence-electron chi connectivity index (χ0n) is 13.4. The van der Waals surface area contributed by atoms with Crippen molar-refractivity contribution in [3.8, 4) is 0 Å². The lowest BCUT2D eigenvalue weighted by atomic mass is 9.93. The van der Waals surface area contributed by atoms with Crippen molar-refractivity contribution in [3.63, 3.8) is 0 Å². The van der Waals surface area contributed by atoms with Gasteiger partial charge in [0.05, 0.1) is 24.8 Å². The predicted molar refractivity (Wildman–Crippen MR) is 86.9 cm³/mol. The zero-order chi connectivity index (χ0) is 15.6. The SMILES string of the molecule is O[C@H]1[C@H](NCc2ccccc2)[C@H]2CO[C@H](O2)[C@@H]1N1CCCCC1. The summed E-state index contributed by atoms with van der Waals surface area (Å²) in [6.07, 6.45) is 2.89. The number of hydrogen-bond acceptors (Lipinski definition) is 5. The highest BCUT2D eigenvalue weighted by Crippen LogP contribution is 2.32. The van der Waals surface area contributed by atoms with Gasteiger partial charge in [0.1, 0.15) is 6.10 Å². The van der Waals surface area contributed by atoms with Crippen LogP contribution in [0.2, 0.25) is 0 Å². The van der Waals surface area contributed by atoms with E-state index in [1.54, 1.807) is 0 Å². The molecule has 23 heavy (non-hydrogen) atoms. The van der Waals surface area contributed by atoms with Crippen molar-refractivity contribution in [3.05, 3.63) is 35.9 Å². The van der Waals surface area contributed by atoms with Gasteiger partial charge >= 0.3 is 0 Å². The van der Waals surface area contributed by atoms with Crippen LogP contribution < -0.4 is 5.32 Å². The molecule has 3 saturated heterocycles. The highest BCUT2D eigenvalue weighted by atomic mass is 16.7. The first-order valence-electron chi connectivity index (χ1n) is 8.79. The van der Waals surface area contributed by atoms with Gasteiger partial charge in [0, 0.05) is 6.54 Å². The number of aliphatic hydroxyl groups is 1. The number of fused-ring (bicyclic) bond motifs is 2. The molecule has 0 unspecified atom stereocenters. The van der Waals surface area contributed by atoms with Crippen LogP contribution in [0, 0.1) is 0 Å². The molecule has 3 aliphatic heterocycles. The summed E-state index contributed by atoms with van der Waals surface area (Å²) in [4.78, 5) is 2.36. The number of aliphatic hydroxyl groups excluding tert-OH is 1. The first kappa shape index (κ1) is 15.5. The number of rotatable bonds is 4. The number of likely N-dealkylation sites (tertiary alicyclic amines) is 1. The number of benzene rings is 1. The highest BCUT2D eigenvalue weighted by Gasteiger charge is 2.51. The Morgan fingerprint density at radius 2 is 1.91 bits per heavy atom. The van der Waals surface area contributed by atoms with Crippen LogP contribution in [0.1, 0.15) is 24.8 Å². The Kier molecular flexibility index (Phi) is 4.64. The van der Waals surface area contributed by atoms with Crippen LogP contribution >= 0.6 is 0 Å². The minimum absolute atomic E-state index is 0.0534. The summed E-state index contributed by atoms with van der Waals surface area (Å²) >= 11 is 0. The van der Waals surface area contributed by atoms with Crippen molar-refractivity contribution in [1.82, 2.24) is 10.2 Å². The molecular formula is C18H26N2O3. The van der Waals surface area contributed by atoms with E-state index >= 15 is 0 Å². The van der Waals surface area contributed by atoms with Gasteiger partial charge in [-0.2, -0.15) is 0 Å². The lowest BCUT2D eigenvalue weighted by Crippen LogP contribution is -2.64. The zero-order valence-corrected chi connectivity index (χ0v) is 13.4. The second-order valence-corrected chi connectivity index (χ2v) is 6.85. The van der Waals surface area contributed by atoms with Gasteiger partial charge in [-0.3, -0.25) is 4.90 Å². The van der Waals surface area contributed by atoms with Gasteiger partial charge < -0.3 is 19.9 Å². The standard InChI is InChI=1S/C18H26N2O3/c21-17-15(19-11-13-7-3-1-4-8-13)14-12-22-18(23-14)16(17)20-9-5-2-6-10-20/h1,3-4,7-8,14-19,21H,2,5-6,9-12H2/t14-,15-,16-,17+,18-/m1/s1. The van der Waals surface area contributed by atoms with E-state index in [4.69, 9.17) is 9.47 Å². The maximum Gasteiger partial charge on any atom is 0.176 e. The fraction of sp³-hybridized carbons (Fsp3) is 0.667. The molecule has 3 fully saturated rings. The van der Waals surface area contributed by atoms with Gasteiger partial charge in [0.15, 0.2) is 6.29 Å². The van der Waals surface area contributed by atoms with Gasteiger partial charge in [-0.05, 0) is 31.5 Å². The van der Waals surface area contributed by atoms with E-state index < -0.39 is 6.10 Å². The highest BCUT2D eigenvalue weighted by molar-refractivity contribution is 5.15. The van der Waals surface area contributed by atoms with Gasteiger partial charge in [0.2, 0.25) is 0 Å². The smallest absolute Gasteiger partial charge is 0.176 e. The number of nitrogens with zero attached hydrogens (tertiary/aromatic N) is 1. The van der Waals surface area contributed by atoms with Crippen LogP contribution in [-0.4, -0.2) is 60.3 Å². The fourth-order valence-corrected chi connectivity index (χ4v) is 4.09. The van der Waals surface area contributed by atoms with E-state index in [0.29, 0.717) is 6.61 Å². The van der Waals surface area contributed by atoms with E-state index in [1.165, 1.54) is 24.8 Å². The summed E-state index contributed by atoms with van der Waals surface area (Å²) in [7, 11) is 0. The van der Waals surface area contributed by atoms with Crippen molar-refractivity contribution in [1.29, 1.82) is 0 Å². The van der Waals surface area contributed by atoms with Crippen molar-refractivity contribution in [2.24, 2.45) is 0 Å². The maximum atomic E-state index is 11.0. The average molecular weight is 318 g/mol. The quantitative estimate of drug-likeness (QED) is 0.871. The van der Waals surface area contributed by atoms with Crippen LogP contribution in [0.4, 0.5) is 0 Å². The first-order valence-corrected chi connectivity index (χ1v) is 8.79. The Morgan fingerprint density at radius 1 is 1.13 bits per heavy atom. The van der Waals surface area contributed by atoms with Gasteiger partial charge in [-0.1, -0.05) is 36.8 Å². The normalized spacial score (nSPS) is 37.9. The molecular weight excluding hydrogens is 292 g/mol. The minimum Gasteiger partial charge on any atom is -0.390 e. The number of nitrogens with one attached hydrogen (secondary N) is 1. The number of piperidine rings is 1. The summed E-state index contributed by atoms with van der Waals surface area (Å²) in [5.74, 6) is 0. The summed E-state index contributed by atoms with van der Waals surface area (Å²) in [6, 6.07) is 10.2. The monoisotopic (exact) mass is 318 g/mol. The Balaban J connectivity index is 1.45. The number of ether oxygens (including phenoxy) is 2. The molecule has 5 heteroatoms. The van der Waals surface area contributed by atoms with E-state index in [9.17, 15) is 5.11 Å². The van der Waals surface area contributed by atoms with Gasteiger partial charge in [-0.15, -0.1) is 0 Å². The molecule has 5 atom stereocenters. The molecule has 126 valence electrons. The van der Waals surface area contributed by atoms with Crippen LogP contribution in [0.25, 0.3) is 0 Å². The Bertz CT molecular complexity index is 506. The maximum absolute atomic E-state index is 11.0. The summed E-state index contributed by atoms with van der Waals surface area (Å²) in [5, 5.41) is 14.5. The van der Waals surface area contributed by atoms with Crippen molar-refractivity contribution in [2.75, 3.05) is 19.7 Å². The van der Waals surface area contributed by atoms with E-state index in [1.807, 2.05) is 18.2 Å². The molecule has 1 aromatic carbocycles. The van der Waals surface area contributed by atoms with Crippen molar-refractivity contribution >= 4 is 0 Å². The molecule has 0 radical (unpaired) electrons. The molecule has 2 bridgehead atoms. The lowest BCUT2D eigenvalue weighted by molar-refractivity contribution is -0.184. The van der Waals surface area contributed by atoms with Crippen LogP contribution in [-0.2, 0) is 16.0 Å². The number of hydrogen-bond donors (Lipinski definition) is 2. The Hall–Kier alpha value is -0.980. The third kappa shape index (κ3) is 3.16. The Morgan fingerprint density at radius 3 is 2.70 bits per heavy atom. The molecule has 0 saturated carbocycles. The molecule has 0 amide bonds. The summed E-state index contributed by atoms with van der Waals surface area (Å²) in [5.41, 5.74) is 1.22. The molecule has 2 N–H and O–H groups in total. The second kappa shape index (κ2) is 6.87. The first-order chi connectivity index (χ1) is 11.3. The fourth-order valence-electron chi connectivity index (χ4n) is 4.09. The van der Waals surface area contributed by atoms with Crippen LogP contribution in [0.3, 0.4) is 0 Å². The van der Waals surface area contributed by atoms with Crippen molar-refractivity contribution < 1.29 is 14.6 Å². The predicted octanol–water partition coefficient (Wildman–Crippen LogP) is 1.12. The van der Waals surface area contributed by atoms with E-state index in [-0.39, 0.29) is 24.5 Å². The van der Waals surface area contributed by atoms with E-state index in [0.717, 1.165) is 19.6 Å². The molecule has 3 heterocycles. The topological polar surface area (TPSA) is 54.0 Å².